The van der Waals surface area contributed by atoms with Crippen molar-refractivity contribution in [2.24, 2.45) is 0 Å². The Hall–Kier alpha value is -1.92. The van der Waals surface area contributed by atoms with Crippen molar-refractivity contribution in [3.05, 3.63) is 30.2 Å². The third-order valence-electron chi connectivity index (χ3n) is 4.15. The van der Waals surface area contributed by atoms with Gasteiger partial charge in [0.05, 0.1) is 19.4 Å². The molecule has 0 saturated carbocycles. The van der Waals surface area contributed by atoms with Gasteiger partial charge in [-0.25, -0.2) is 4.98 Å². The summed E-state index contributed by atoms with van der Waals surface area (Å²) in [5.41, 5.74) is 3.46. The smallest absolute Gasteiger partial charge is 0.126 e. The molecular formula is C17H25N5O. The minimum absolute atomic E-state index is 0.415. The number of anilines is 1. The zero-order valence-electron chi connectivity index (χ0n) is 13.9. The van der Waals surface area contributed by atoms with E-state index in [1.54, 1.807) is 0 Å². The van der Waals surface area contributed by atoms with Crippen molar-refractivity contribution in [2.75, 3.05) is 44.7 Å². The second-order valence-corrected chi connectivity index (χ2v) is 6.16. The second kappa shape index (κ2) is 7.57. The molecule has 1 aliphatic heterocycles. The van der Waals surface area contributed by atoms with Gasteiger partial charge in [-0.05, 0) is 23.6 Å². The number of nitrogens with zero attached hydrogens (tertiary/aromatic N) is 3. The van der Waals surface area contributed by atoms with E-state index in [0.717, 1.165) is 62.0 Å². The fraction of sp³-hybridized carbons (Fsp3) is 0.529. The van der Waals surface area contributed by atoms with Crippen LogP contribution in [-0.2, 0) is 4.74 Å². The summed E-state index contributed by atoms with van der Waals surface area (Å²) in [4.78, 5) is 6.83. The van der Waals surface area contributed by atoms with Crippen molar-refractivity contribution in [3.8, 4) is 11.1 Å². The molecule has 3 rings (SSSR count). The van der Waals surface area contributed by atoms with Gasteiger partial charge in [-0.2, -0.15) is 5.10 Å². The van der Waals surface area contributed by atoms with E-state index >= 15 is 0 Å². The molecule has 0 bridgehead atoms. The molecular weight excluding hydrogens is 290 g/mol. The molecule has 1 saturated heterocycles. The molecule has 0 amide bonds. The number of morpholine rings is 1. The van der Waals surface area contributed by atoms with Gasteiger partial charge in [0.2, 0.25) is 0 Å². The first-order chi connectivity index (χ1) is 11.2. The number of hydrogen-bond acceptors (Lipinski definition) is 5. The van der Waals surface area contributed by atoms with Crippen molar-refractivity contribution in [1.29, 1.82) is 0 Å². The van der Waals surface area contributed by atoms with Crippen molar-refractivity contribution in [2.45, 2.75) is 19.8 Å². The first-order valence-corrected chi connectivity index (χ1v) is 8.27. The predicted octanol–water partition coefficient (Wildman–Crippen LogP) is 2.34. The standard InChI is InChI=1S/C17H25N5O/c1-13(2)17-15(12-20-21-17)14-3-4-18-16(11-14)19-5-6-22-7-9-23-10-8-22/h3-4,11-13H,5-10H2,1-2H3,(H,18,19)(H,20,21). The molecule has 124 valence electrons. The van der Waals surface area contributed by atoms with Crippen molar-refractivity contribution >= 4 is 5.82 Å². The Morgan fingerprint density at radius 3 is 2.96 bits per heavy atom. The number of nitrogens with one attached hydrogen (secondary N) is 2. The minimum atomic E-state index is 0.415. The molecule has 6 nitrogen and oxygen atoms in total. The SMILES string of the molecule is CC(C)c1[nH]ncc1-c1ccnc(NCCN2CCOCC2)c1. The van der Waals surface area contributed by atoms with Crippen LogP contribution in [0, 0.1) is 0 Å². The van der Waals surface area contributed by atoms with Gasteiger partial charge >= 0.3 is 0 Å². The third kappa shape index (κ3) is 4.09. The van der Waals surface area contributed by atoms with Crippen molar-refractivity contribution in [1.82, 2.24) is 20.1 Å². The molecule has 0 aromatic carbocycles. The molecule has 2 aromatic rings. The van der Waals surface area contributed by atoms with Crippen LogP contribution in [0.4, 0.5) is 5.82 Å². The topological polar surface area (TPSA) is 66.1 Å². The number of ether oxygens (including phenoxy) is 1. The van der Waals surface area contributed by atoms with Crippen LogP contribution in [0.1, 0.15) is 25.5 Å². The number of rotatable bonds is 6. The molecule has 3 heterocycles. The lowest BCUT2D eigenvalue weighted by atomic mass is 10.0. The predicted molar refractivity (Wildman–Crippen MR) is 91.7 cm³/mol. The van der Waals surface area contributed by atoms with Gasteiger partial charge in [-0.3, -0.25) is 10.00 Å². The molecule has 1 aliphatic rings. The molecule has 6 heteroatoms. The van der Waals surface area contributed by atoms with E-state index in [0.29, 0.717) is 5.92 Å². The highest BCUT2D eigenvalue weighted by atomic mass is 16.5. The molecule has 0 unspecified atom stereocenters. The Labute approximate surface area is 137 Å². The zero-order chi connectivity index (χ0) is 16.1. The number of aromatic nitrogens is 3. The van der Waals surface area contributed by atoms with Crippen LogP contribution in [0.2, 0.25) is 0 Å². The van der Waals surface area contributed by atoms with E-state index in [4.69, 9.17) is 4.74 Å². The van der Waals surface area contributed by atoms with Gasteiger partial charge in [0.25, 0.3) is 0 Å². The summed E-state index contributed by atoms with van der Waals surface area (Å²) in [6.45, 7) is 9.94. The largest absolute Gasteiger partial charge is 0.379 e. The number of hydrogen-bond donors (Lipinski definition) is 2. The van der Waals surface area contributed by atoms with Crippen LogP contribution in [0.3, 0.4) is 0 Å². The summed E-state index contributed by atoms with van der Waals surface area (Å²) in [7, 11) is 0. The van der Waals surface area contributed by atoms with Crippen molar-refractivity contribution in [3.63, 3.8) is 0 Å². The summed E-state index contributed by atoms with van der Waals surface area (Å²) in [5, 5.41) is 10.7. The summed E-state index contributed by atoms with van der Waals surface area (Å²) in [6.07, 6.45) is 3.74. The van der Waals surface area contributed by atoms with E-state index in [-0.39, 0.29) is 0 Å². The van der Waals surface area contributed by atoms with Gasteiger partial charge in [-0.15, -0.1) is 0 Å². The molecule has 0 aliphatic carbocycles. The first kappa shape index (κ1) is 16.0. The highest BCUT2D eigenvalue weighted by Gasteiger charge is 2.12. The quantitative estimate of drug-likeness (QED) is 0.856. The van der Waals surface area contributed by atoms with Gasteiger partial charge < -0.3 is 10.1 Å². The lowest BCUT2D eigenvalue weighted by molar-refractivity contribution is 0.0398. The molecule has 0 atom stereocenters. The van der Waals surface area contributed by atoms with Crippen LogP contribution < -0.4 is 5.32 Å². The molecule has 23 heavy (non-hydrogen) atoms. The summed E-state index contributed by atoms with van der Waals surface area (Å²) in [6, 6.07) is 4.12. The van der Waals surface area contributed by atoms with Crippen LogP contribution in [0.15, 0.2) is 24.5 Å². The normalized spacial score (nSPS) is 16.0. The molecule has 0 radical (unpaired) electrons. The molecule has 0 spiro atoms. The first-order valence-electron chi connectivity index (χ1n) is 8.27. The summed E-state index contributed by atoms with van der Waals surface area (Å²) < 4.78 is 5.37. The highest BCUT2D eigenvalue weighted by Crippen LogP contribution is 2.27. The van der Waals surface area contributed by atoms with Gasteiger partial charge in [0, 0.05) is 43.6 Å². The van der Waals surface area contributed by atoms with Crippen molar-refractivity contribution < 1.29 is 4.74 Å². The van der Waals surface area contributed by atoms with E-state index in [1.165, 1.54) is 0 Å². The third-order valence-corrected chi connectivity index (χ3v) is 4.15. The number of pyridine rings is 1. The maximum Gasteiger partial charge on any atom is 0.126 e. The van der Waals surface area contributed by atoms with Gasteiger partial charge in [-0.1, -0.05) is 13.8 Å². The molecule has 2 aromatic heterocycles. The Kier molecular flexibility index (Phi) is 5.25. The Bertz CT molecular complexity index is 619. The summed E-state index contributed by atoms with van der Waals surface area (Å²) in [5.74, 6) is 1.32. The van der Waals surface area contributed by atoms with Crippen LogP contribution >= 0.6 is 0 Å². The maximum atomic E-state index is 5.37. The maximum absolute atomic E-state index is 5.37. The van der Waals surface area contributed by atoms with Gasteiger partial charge in [0.1, 0.15) is 5.82 Å². The molecule has 2 N–H and O–H groups in total. The molecule has 1 fully saturated rings. The fourth-order valence-corrected chi connectivity index (χ4v) is 2.83. The van der Waals surface area contributed by atoms with Gasteiger partial charge in [0.15, 0.2) is 0 Å². The lowest BCUT2D eigenvalue weighted by Gasteiger charge is -2.26. The average Bonchev–Trinajstić information content (AvgIpc) is 3.06. The monoisotopic (exact) mass is 315 g/mol. The second-order valence-electron chi connectivity index (χ2n) is 6.16. The minimum Gasteiger partial charge on any atom is -0.379 e. The lowest BCUT2D eigenvalue weighted by Crippen LogP contribution is -2.39. The van der Waals surface area contributed by atoms with E-state index in [2.05, 4.69) is 45.3 Å². The van der Waals surface area contributed by atoms with Crippen LogP contribution in [0.5, 0.6) is 0 Å². The zero-order valence-corrected chi connectivity index (χ0v) is 13.9. The van der Waals surface area contributed by atoms with E-state index in [9.17, 15) is 0 Å². The Balaban J connectivity index is 1.62. The summed E-state index contributed by atoms with van der Waals surface area (Å²) >= 11 is 0. The number of H-pyrrole nitrogens is 1. The Morgan fingerprint density at radius 2 is 2.17 bits per heavy atom. The van der Waals surface area contributed by atoms with Crippen LogP contribution in [0.25, 0.3) is 11.1 Å². The van der Waals surface area contributed by atoms with E-state index < -0.39 is 0 Å². The fourth-order valence-electron chi connectivity index (χ4n) is 2.83. The van der Waals surface area contributed by atoms with Crippen LogP contribution in [-0.4, -0.2) is 59.5 Å². The number of aromatic amines is 1. The van der Waals surface area contributed by atoms with E-state index in [1.807, 2.05) is 18.5 Å². The Morgan fingerprint density at radius 1 is 1.35 bits per heavy atom. The highest BCUT2D eigenvalue weighted by molar-refractivity contribution is 5.68. The average molecular weight is 315 g/mol.